The molecule has 0 unspecified atom stereocenters. The van der Waals surface area contributed by atoms with E-state index in [1.54, 1.807) is 18.5 Å². The molecule has 3 heterocycles. The third-order valence-corrected chi connectivity index (χ3v) is 4.08. The van der Waals surface area contributed by atoms with Gasteiger partial charge in [-0.05, 0) is 25.0 Å². The number of anilines is 1. The van der Waals surface area contributed by atoms with Crippen molar-refractivity contribution in [2.24, 2.45) is 0 Å². The molecule has 0 saturated carbocycles. The van der Waals surface area contributed by atoms with Gasteiger partial charge < -0.3 is 14.4 Å². The minimum Gasteiger partial charge on any atom is -0.363 e. The summed E-state index contributed by atoms with van der Waals surface area (Å²) < 4.78 is 2.09. The molecule has 1 amide bonds. The van der Waals surface area contributed by atoms with Crippen molar-refractivity contribution in [3.63, 3.8) is 0 Å². The molecule has 1 atom stereocenters. The lowest BCUT2D eigenvalue weighted by Gasteiger charge is -2.33. The van der Waals surface area contributed by atoms with E-state index in [4.69, 9.17) is 0 Å². The summed E-state index contributed by atoms with van der Waals surface area (Å²) in [6, 6.07) is 3.95. The van der Waals surface area contributed by atoms with Gasteiger partial charge in [0.25, 0.3) is 5.91 Å². The van der Waals surface area contributed by atoms with Crippen LogP contribution in [-0.4, -0.2) is 52.5 Å². The molecule has 1 fully saturated rings. The maximum absolute atomic E-state index is 12.7. The van der Waals surface area contributed by atoms with Gasteiger partial charge in [0.2, 0.25) is 0 Å². The number of piperidine rings is 1. The maximum atomic E-state index is 12.7. The molecular formula is C16H21N5O. The molecule has 0 N–H and O–H groups in total. The topological polar surface area (TPSA) is 54.3 Å². The number of likely N-dealkylation sites (tertiary alicyclic amines) is 1. The van der Waals surface area contributed by atoms with Gasteiger partial charge in [-0.2, -0.15) is 0 Å². The molecule has 6 heteroatoms. The lowest BCUT2D eigenvalue weighted by molar-refractivity contribution is 0.0679. The van der Waals surface area contributed by atoms with Gasteiger partial charge in [0, 0.05) is 51.3 Å². The number of nitrogens with zero attached hydrogens (tertiary/aromatic N) is 5. The van der Waals surface area contributed by atoms with E-state index in [0.717, 1.165) is 31.7 Å². The number of amides is 1. The molecule has 2 aromatic rings. The number of hydrogen-bond acceptors (Lipinski definition) is 4. The second-order valence-corrected chi connectivity index (χ2v) is 5.85. The fourth-order valence-electron chi connectivity index (χ4n) is 2.85. The Morgan fingerprint density at radius 3 is 2.95 bits per heavy atom. The Morgan fingerprint density at radius 1 is 1.36 bits per heavy atom. The van der Waals surface area contributed by atoms with E-state index in [1.165, 1.54) is 0 Å². The molecule has 1 aliphatic rings. The Labute approximate surface area is 130 Å². The van der Waals surface area contributed by atoms with E-state index in [9.17, 15) is 4.79 Å². The van der Waals surface area contributed by atoms with E-state index in [1.807, 2.05) is 42.5 Å². The fourth-order valence-corrected chi connectivity index (χ4v) is 2.85. The summed E-state index contributed by atoms with van der Waals surface area (Å²) in [6.45, 7) is 1.54. The molecule has 116 valence electrons. The predicted octanol–water partition coefficient (Wildman–Crippen LogP) is 1.82. The molecule has 22 heavy (non-hydrogen) atoms. The summed E-state index contributed by atoms with van der Waals surface area (Å²) in [6.07, 6.45) is 9.37. The Kier molecular flexibility index (Phi) is 4.09. The van der Waals surface area contributed by atoms with Crippen molar-refractivity contribution in [2.75, 3.05) is 32.1 Å². The van der Waals surface area contributed by atoms with E-state index in [0.29, 0.717) is 11.6 Å². The van der Waals surface area contributed by atoms with Gasteiger partial charge in [0.1, 0.15) is 5.82 Å². The zero-order chi connectivity index (χ0) is 15.5. The highest BCUT2D eigenvalue weighted by atomic mass is 16.2. The number of rotatable bonds is 3. The van der Waals surface area contributed by atoms with Gasteiger partial charge >= 0.3 is 0 Å². The summed E-state index contributed by atoms with van der Waals surface area (Å²) in [5.74, 6) is 0.879. The first-order chi connectivity index (χ1) is 10.6. The highest BCUT2D eigenvalue weighted by Crippen LogP contribution is 2.23. The van der Waals surface area contributed by atoms with Gasteiger partial charge in [-0.25, -0.2) is 9.97 Å². The molecule has 0 bridgehead atoms. The van der Waals surface area contributed by atoms with Crippen LogP contribution in [0, 0.1) is 0 Å². The number of carbonyl (C=O) groups excluding carboxylic acids is 1. The standard InChI is InChI=1S/C16H21N5O/c1-19(2)15-10-13(5-6-18-15)16(22)20-8-3-4-14(11-20)21-9-7-17-12-21/h5-7,9-10,12,14H,3-4,8,11H2,1-2H3/t14-/m1/s1. The molecule has 3 rings (SSSR count). The van der Waals surface area contributed by atoms with Gasteiger partial charge in [0.15, 0.2) is 0 Å². The lowest BCUT2D eigenvalue weighted by Crippen LogP contribution is -2.40. The molecule has 0 radical (unpaired) electrons. The Hall–Kier alpha value is -2.37. The van der Waals surface area contributed by atoms with Crippen LogP contribution in [0.4, 0.5) is 5.82 Å². The molecule has 0 aromatic carbocycles. The monoisotopic (exact) mass is 299 g/mol. The fraction of sp³-hybridized carbons (Fsp3) is 0.438. The minimum atomic E-state index is 0.0790. The summed E-state index contributed by atoms with van der Waals surface area (Å²) in [5, 5.41) is 0. The van der Waals surface area contributed by atoms with Gasteiger partial charge in [-0.1, -0.05) is 0 Å². The highest BCUT2D eigenvalue weighted by Gasteiger charge is 2.25. The van der Waals surface area contributed by atoms with E-state index in [2.05, 4.69) is 14.5 Å². The second-order valence-electron chi connectivity index (χ2n) is 5.85. The van der Waals surface area contributed by atoms with E-state index in [-0.39, 0.29) is 5.91 Å². The van der Waals surface area contributed by atoms with Gasteiger partial charge in [0.05, 0.1) is 12.4 Å². The van der Waals surface area contributed by atoms with Crippen molar-refractivity contribution in [3.8, 4) is 0 Å². The van der Waals surface area contributed by atoms with Crippen molar-refractivity contribution >= 4 is 11.7 Å². The molecule has 0 spiro atoms. The first-order valence-corrected chi connectivity index (χ1v) is 7.55. The van der Waals surface area contributed by atoms with Crippen LogP contribution < -0.4 is 4.90 Å². The number of carbonyl (C=O) groups is 1. The summed E-state index contributed by atoms with van der Waals surface area (Å²) in [4.78, 5) is 24.9. The summed E-state index contributed by atoms with van der Waals surface area (Å²) >= 11 is 0. The maximum Gasteiger partial charge on any atom is 0.254 e. The second kappa shape index (κ2) is 6.17. The highest BCUT2D eigenvalue weighted by molar-refractivity contribution is 5.94. The van der Waals surface area contributed by atoms with Crippen LogP contribution >= 0.6 is 0 Å². The normalized spacial score (nSPS) is 18.3. The zero-order valence-electron chi connectivity index (χ0n) is 13.0. The average Bonchev–Trinajstić information content (AvgIpc) is 3.09. The van der Waals surface area contributed by atoms with Crippen LogP contribution in [0.25, 0.3) is 0 Å². The smallest absolute Gasteiger partial charge is 0.254 e. The van der Waals surface area contributed by atoms with Crippen LogP contribution in [0.2, 0.25) is 0 Å². The average molecular weight is 299 g/mol. The van der Waals surface area contributed by atoms with Gasteiger partial charge in [-0.3, -0.25) is 4.79 Å². The van der Waals surface area contributed by atoms with Crippen LogP contribution in [0.3, 0.4) is 0 Å². The molecule has 6 nitrogen and oxygen atoms in total. The zero-order valence-corrected chi connectivity index (χ0v) is 13.0. The molecule has 2 aromatic heterocycles. The molecule has 1 saturated heterocycles. The van der Waals surface area contributed by atoms with Crippen molar-refractivity contribution in [3.05, 3.63) is 42.6 Å². The Morgan fingerprint density at radius 2 is 2.23 bits per heavy atom. The van der Waals surface area contributed by atoms with Gasteiger partial charge in [-0.15, -0.1) is 0 Å². The first kappa shape index (κ1) is 14.6. The third-order valence-electron chi connectivity index (χ3n) is 4.08. The van der Waals surface area contributed by atoms with E-state index >= 15 is 0 Å². The molecule has 1 aliphatic heterocycles. The van der Waals surface area contributed by atoms with Crippen LogP contribution in [0.15, 0.2) is 37.1 Å². The quantitative estimate of drug-likeness (QED) is 0.867. The number of pyridine rings is 1. The van der Waals surface area contributed by atoms with Crippen molar-refractivity contribution in [1.82, 2.24) is 19.4 Å². The van der Waals surface area contributed by atoms with Crippen LogP contribution in [0.5, 0.6) is 0 Å². The third kappa shape index (κ3) is 2.95. The van der Waals surface area contributed by atoms with Crippen LogP contribution in [0.1, 0.15) is 29.2 Å². The summed E-state index contributed by atoms with van der Waals surface area (Å²) in [5.41, 5.74) is 0.699. The largest absolute Gasteiger partial charge is 0.363 e. The number of hydrogen-bond donors (Lipinski definition) is 0. The number of aromatic nitrogens is 3. The summed E-state index contributed by atoms with van der Waals surface area (Å²) in [7, 11) is 3.85. The number of imidazole rings is 1. The first-order valence-electron chi connectivity index (χ1n) is 7.55. The van der Waals surface area contributed by atoms with Crippen molar-refractivity contribution < 1.29 is 4.79 Å². The Balaban J connectivity index is 1.75. The van der Waals surface area contributed by atoms with Crippen molar-refractivity contribution in [2.45, 2.75) is 18.9 Å². The van der Waals surface area contributed by atoms with Crippen LogP contribution in [-0.2, 0) is 0 Å². The predicted molar refractivity (Wildman–Crippen MR) is 85.0 cm³/mol. The lowest BCUT2D eigenvalue weighted by atomic mass is 10.0. The molecular weight excluding hydrogens is 278 g/mol. The minimum absolute atomic E-state index is 0.0790. The molecule has 0 aliphatic carbocycles. The van der Waals surface area contributed by atoms with E-state index < -0.39 is 0 Å². The Bertz CT molecular complexity index is 638. The van der Waals surface area contributed by atoms with Crippen molar-refractivity contribution in [1.29, 1.82) is 0 Å². The SMILES string of the molecule is CN(C)c1cc(C(=O)N2CCC[C@@H](n3ccnc3)C2)ccn1.